The number of halogens is 1. The molecule has 2 aromatic heterocycles. The summed E-state index contributed by atoms with van der Waals surface area (Å²) in [6.07, 6.45) is 3.44. The van der Waals surface area contributed by atoms with Crippen LogP contribution in [0.5, 0.6) is 0 Å². The first-order valence-electron chi connectivity index (χ1n) is 6.90. The van der Waals surface area contributed by atoms with Gasteiger partial charge in [-0.2, -0.15) is 0 Å². The highest BCUT2D eigenvalue weighted by molar-refractivity contribution is 5.81. The fourth-order valence-electron chi connectivity index (χ4n) is 2.48. The van der Waals surface area contributed by atoms with Crippen LogP contribution >= 0.6 is 0 Å². The zero-order valence-electron chi connectivity index (χ0n) is 11.8. The average Bonchev–Trinajstić information content (AvgIpc) is 2.80. The van der Waals surface area contributed by atoms with Crippen molar-refractivity contribution in [3.05, 3.63) is 47.5 Å². The molecule has 3 rings (SSSR count). The largest absolute Gasteiger partial charge is 0.381 e. The summed E-state index contributed by atoms with van der Waals surface area (Å²) in [6.45, 7) is 2.47. The third kappa shape index (κ3) is 2.56. The molecule has 0 spiro atoms. The molecule has 108 valence electrons. The zero-order valence-corrected chi connectivity index (χ0v) is 11.8. The van der Waals surface area contributed by atoms with E-state index in [9.17, 15) is 4.39 Å². The number of fused-ring (bicyclic) bond motifs is 1. The fraction of sp³-hybridized carbons (Fsp3) is 0.267. The Bertz CT molecular complexity index is 781. The van der Waals surface area contributed by atoms with Crippen molar-refractivity contribution in [3.8, 4) is 0 Å². The summed E-state index contributed by atoms with van der Waals surface area (Å²) >= 11 is 0. The summed E-state index contributed by atoms with van der Waals surface area (Å²) in [5.41, 5.74) is 8.26. The van der Waals surface area contributed by atoms with E-state index in [-0.39, 0.29) is 5.82 Å². The molecule has 2 heterocycles. The van der Waals surface area contributed by atoms with E-state index in [0.717, 1.165) is 35.0 Å². The van der Waals surface area contributed by atoms with Crippen molar-refractivity contribution < 1.29 is 4.39 Å². The minimum atomic E-state index is -0.282. The number of pyridine rings is 1. The van der Waals surface area contributed by atoms with Crippen LogP contribution in [0.4, 0.5) is 10.2 Å². The first kappa shape index (κ1) is 13.5. The highest BCUT2D eigenvalue weighted by Gasteiger charge is 2.12. The zero-order chi connectivity index (χ0) is 14.8. The van der Waals surface area contributed by atoms with Crippen LogP contribution in [0, 0.1) is 5.82 Å². The molecule has 3 aromatic rings. The quantitative estimate of drug-likeness (QED) is 0.799. The van der Waals surface area contributed by atoms with E-state index in [1.54, 1.807) is 16.9 Å². The second-order valence-electron chi connectivity index (χ2n) is 4.97. The Morgan fingerprint density at radius 2 is 2.19 bits per heavy atom. The van der Waals surface area contributed by atoms with Gasteiger partial charge < -0.3 is 5.73 Å². The van der Waals surface area contributed by atoms with Crippen molar-refractivity contribution in [2.24, 2.45) is 0 Å². The van der Waals surface area contributed by atoms with Gasteiger partial charge in [-0.25, -0.2) is 9.07 Å². The van der Waals surface area contributed by atoms with Crippen LogP contribution < -0.4 is 5.73 Å². The Morgan fingerprint density at radius 1 is 1.33 bits per heavy atom. The van der Waals surface area contributed by atoms with Gasteiger partial charge in [0, 0.05) is 17.1 Å². The molecule has 0 saturated carbocycles. The standard InChI is InChI=1S/C15H16FN5/c1-2-4-13-15(17)19-20-21(13)9-11-8-12(16)7-10-5-3-6-18-14(10)11/h3,5-8H,2,4,9,17H2,1H3. The van der Waals surface area contributed by atoms with Crippen molar-refractivity contribution in [1.82, 2.24) is 20.0 Å². The SMILES string of the molecule is CCCc1c(N)nnn1Cc1cc(F)cc2cccnc12. The van der Waals surface area contributed by atoms with Crippen LogP contribution in [0.1, 0.15) is 24.6 Å². The Morgan fingerprint density at radius 3 is 3.00 bits per heavy atom. The summed E-state index contributed by atoms with van der Waals surface area (Å²) < 4.78 is 15.5. The van der Waals surface area contributed by atoms with Gasteiger partial charge in [0.05, 0.1) is 17.8 Å². The third-order valence-corrected chi connectivity index (χ3v) is 3.42. The van der Waals surface area contributed by atoms with Crippen LogP contribution in [-0.4, -0.2) is 20.0 Å². The van der Waals surface area contributed by atoms with Crippen molar-refractivity contribution in [2.75, 3.05) is 5.73 Å². The van der Waals surface area contributed by atoms with Gasteiger partial charge >= 0.3 is 0 Å². The number of rotatable bonds is 4. The summed E-state index contributed by atoms with van der Waals surface area (Å²) in [5.74, 6) is 0.154. The monoisotopic (exact) mass is 285 g/mol. The van der Waals surface area contributed by atoms with Gasteiger partial charge in [0.2, 0.25) is 0 Å². The summed E-state index contributed by atoms with van der Waals surface area (Å²) in [6, 6.07) is 6.61. The highest BCUT2D eigenvalue weighted by Crippen LogP contribution is 2.20. The van der Waals surface area contributed by atoms with Crippen molar-refractivity contribution in [3.63, 3.8) is 0 Å². The maximum absolute atomic E-state index is 13.8. The van der Waals surface area contributed by atoms with Crippen LogP contribution in [0.2, 0.25) is 0 Å². The van der Waals surface area contributed by atoms with Crippen LogP contribution in [0.3, 0.4) is 0 Å². The van der Waals surface area contributed by atoms with Gasteiger partial charge in [-0.05, 0) is 24.6 Å². The lowest BCUT2D eigenvalue weighted by Crippen LogP contribution is -2.08. The van der Waals surface area contributed by atoms with E-state index in [2.05, 4.69) is 22.2 Å². The molecule has 6 heteroatoms. The van der Waals surface area contributed by atoms with E-state index in [0.29, 0.717) is 12.4 Å². The molecule has 0 unspecified atom stereocenters. The van der Waals surface area contributed by atoms with Crippen LogP contribution in [0.15, 0.2) is 30.5 Å². The number of aromatic nitrogens is 4. The lowest BCUT2D eigenvalue weighted by Gasteiger charge is -2.09. The Hall–Kier alpha value is -2.50. The maximum atomic E-state index is 13.8. The molecule has 0 aliphatic rings. The van der Waals surface area contributed by atoms with Gasteiger partial charge in [0.15, 0.2) is 5.82 Å². The highest BCUT2D eigenvalue weighted by atomic mass is 19.1. The molecule has 21 heavy (non-hydrogen) atoms. The molecule has 1 aromatic carbocycles. The number of hydrogen-bond donors (Lipinski definition) is 1. The van der Waals surface area contributed by atoms with Gasteiger partial charge in [0.25, 0.3) is 0 Å². The van der Waals surface area contributed by atoms with E-state index in [4.69, 9.17) is 5.73 Å². The molecule has 0 aliphatic carbocycles. The minimum Gasteiger partial charge on any atom is -0.381 e. The molecule has 0 radical (unpaired) electrons. The van der Waals surface area contributed by atoms with Crippen molar-refractivity contribution >= 4 is 16.7 Å². The lowest BCUT2D eigenvalue weighted by atomic mass is 10.1. The van der Waals surface area contributed by atoms with Gasteiger partial charge in [-0.15, -0.1) is 5.10 Å². The third-order valence-electron chi connectivity index (χ3n) is 3.42. The summed E-state index contributed by atoms with van der Waals surface area (Å²) in [5, 5.41) is 8.74. The molecule has 0 aliphatic heterocycles. The predicted molar refractivity (Wildman–Crippen MR) is 79.2 cm³/mol. The lowest BCUT2D eigenvalue weighted by molar-refractivity contribution is 0.602. The number of nitrogens with zero attached hydrogens (tertiary/aromatic N) is 4. The Balaban J connectivity index is 2.06. The van der Waals surface area contributed by atoms with E-state index < -0.39 is 0 Å². The smallest absolute Gasteiger partial charge is 0.169 e. The Labute approximate surface area is 121 Å². The second kappa shape index (κ2) is 5.47. The molecular weight excluding hydrogens is 269 g/mol. The van der Waals surface area contributed by atoms with Crippen LogP contribution in [0.25, 0.3) is 10.9 Å². The average molecular weight is 285 g/mol. The van der Waals surface area contributed by atoms with E-state index in [1.165, 1.54) is 12.1 Å². The first-order chi connectivity index (χ1) is 10.2. The van der Waals surface area contributed by atoms with Gasteiger partial charge in [-0.1, -0.05) is 24.6 Å². The predicted octanol–water partition coefficient (Wildman–Crippen LogP) is 2.55. The van der Waals surface area contributed by atoms with Crippen molar-refractivity contribution in [2.45, 2.75) is 26.3 Å². The molecule has 0 atom stereocenters. The first-order valence-corrected chi connectivity index (χ1v) is 6.90. The van der Waals surface area contributed by atoms with Crippen molar-refractivity contribution in [1.29, 1.82) is 0 Å². The number of anilines is 1. The Kier molecular flexibility index (Phi) is 3.51. The maximum Gasteiger partial charge on any atom is 0.169 e. The fourth-order valence-corrected chi connectivity index (χ4v) is 2.48. The molecular formula is C15H16FN5. The van der Waals surface area contributed by atoms with Crippen LogP contribution in [-0.2, 0) is 13.0 Å². The number of hydrogen-bond acceptors (Lipinski definition) is 4. The summed E-state index contributed by atoms with van der Waals surface area (Å²) in [4.78, 5) is 4.34. The molecule has 0 fully saturated rings. The summed E-state index contributed by atoms with van der Waals surface area (Å²) in [7, 11) is 0. The minimum absolute atomic E-state index is 0.282. The number of benzene rings is 1. The number of nitrogens with two attached hydrogens (primary N) is 1. The molecule has 0 bridgehead atoms. The molecule has 2 N–H and O–H groups in total. The topological polar surface area (TPSA) is 69.6 Å². The molecule has 5 nitrogen and oxygen atoms in total. The van der Waals surface area contributed by atoms with Gasteiger partial charge in [-0.3, -0.25) is 4.98 Å². The van der Waals surface area contributed by atoms with E-state index >= 15 is 0 Å². The van der Waals surface area contributed by atoms with E-state index in [1.807, 2.05) is 6.07 Å². The molecule has 0 amide bonds. The number of nitrogen functional groups attached to an aromatic ring is 1. The molecule has 0 saturated heterocycles. The normalized spacial score (nSPS) is 11.1. The second-order valence-corrected chi connectivity index (χ2v) is 4.97. The van der Waals surface area contributed by atoms with Gasteiger partial charge in [0.1, 0.15) is 5.82 Å².